The van der Waals surface area contributed by atoms with Crippen LogP contribution in [-0.4, -0.2) is 9.97 Å². The Balaban J connectivity index is 1.63. The summed E-state index contributed by atoms with van der Waals surface area (Å²) in [7, 11) is 0. The molecule has 0 spiro atoms. The molecule has 1 heterocycles. The van der Waals surface area contributed by atoms with E-state index in [2.05, 4.69) is 34.2 Å². The van der Waals surface area contributed by atoms with Crippen LogP contribution >= 0.6 is 23.2 Å². The minimum absolute atomic E-state index is 0.140. The van der Waals surface area contributed by atoms with Crippen molar-refractivity contribution in [2.24, 2.45) is 0 Å². The van der Waals surface area contributed by atoms with Gasteiger partial charge in [-0.3, -0.25) is 9.78 Å². The second-order valence-electron chi connectivity index (χ2n) is 7.64. The third kappa shape index (κ3) is 4.34. The maximum Gasteiger partial charge on any atom is 0.325 e. The van der Waals surface area contributed by atoms with E-state index < -0.39 is 5.69 Å². The highest BCUT2D eigenvalue weighted by atomic mass is 35.5. The van der Waals surface area contributed by atoms with Crippen molar-refractivity contribution in [3.63, 3.8) is 0 Å². The summed E-state index contributed by atoms with van der Waals surface area (Å²) in [6, 6.07) is 15.8. The third-order valence-electron chi connectivity index (χ3n) is 5.90. The highest BCUT2D eigenvalue weighted by Crippen LogP contribution is 2.40. The largest absolute Gasteiger partial charge is 0.325 e. The Hall–Kier alpha value is -2.30. The lowest BCUT2D eigenvalue weighted by Gasteiger charge is -2.29. The number of benzene rings is 2. The van der Waals surface area contributed by atoms with Gasteiger partial charge in [-0.15, -0.1) is 0 Å². The molecule has 2 aromatic carbocycles. The Bertz CT molecular complexity index is 1090. The Morgan fingerprint density at radius 3 is 2.03 bits per heavy atom. The molecule has 1 saturated carbocycles. The van der Waals surface area contributed by atoms with E-state index in [9.17, 15) is 9.59 Å². The monoisotopic (exact) mass is 428 g/mol. The van der Waals surface area contributed by atoms with Gasteiger partial charge in [0.25, 0.3) is 5.56 Å². The highest BCUT2D eigenvalue weighted by Gasteiger charge is 2.27. The van der Waals surface area contributed by atoms with Crippen LogP contribution in [0.4, 0.5) is 0 Å². The van der Waals surface area contributed by atoms with Crippen molar-refractivity contribution in [2.45, 2.75) is 43.9 Å². The molecule has 29 heavy (non-hydrogen) atoms. The molecule has 0 bridgehead atoms. The molecule has 1 aliphatic carbocycles. The van der Waals surface area contributed by atoms with Crippen LogP contribution in [0.3, 0.4) is 0 Å². The third-order valence-corrected chi connectivity index (χ3v) is 6.60. The quantitative estimate of drug-likeness (QED) is 0.583. The lowest BCUT2D eigenvalue weighted by Crippen LogP contribution is -2.30. The summed E-state index contributed by atoms with van der Waals surface area (Å²) in [5.74, 6) is 0.656. The molecule has 4 nitrogen and oxygen atoms in total. The van der Waals surface area contributed by atoms with Crippen molar-refractivity contribution in [3.05, 3.63) is 102 Å². The molecule has 1 aromatic heterocycles. The normalized spacial score (nSPS) is 19.2. The van der Waals surface area contributed by atoms with Crippen molar-refractivity contribution in [1.82, 2.24) is 9.97 Å². The molecule has 0 radical (unpaired) electrons. The van der Waals surface area contributed by atoms with Gasteiger partial charge >= 0.3 is 5.69 Å². The lowest BCUT2D eigenvalue weighted by molar-refractivity contribution is 0.388. The van der Waals surface area contributed by atoms with Gasteiger partial charge in [-0.2, -0.15) is 0 Å². The van der Waals surface area contributed by atoms with Crippen molar-refractivity contribution in [1.29, 1.82) is 0 Å². The zero-order valence-corrected chi connectivity index (χ0v) is 17.4. The van der Waals surface area contributed by atoms with Gasteiger partial charge in [0.1, 0.15) is 0 Å². The number of H-pyrrole nitrogens is 2. The molecule has 2 N–H and O–H groups in total. The number of hydrogen-bond donors (Lipinski definition) is 2. The molecule has 0 amide bonds. The van der Waals surface area contributed by atoms with Crippen LogP contribution in [0.25, 0.3) is 0 Å². The molecule has 0 unspecified atom stereocenters. The van der Waals surface area contributed by atoms with Crippen molar-refractivity contribution in [2.75, 3.05) is 0 Å². The van der Waals surface area contributed by atoms with E-state index in [-0.39, 0.29) is 11.5 Å². The summed E-state index contributed by atoms with van der Waals surface area (Å²) in [4.78, 5) is 29.9. The zero-order chi connectivity index (χ0) is 20.4. The van der Waals surface area contributed by atoms with Crippen LogP contribution in [-0.2, 0) is 6.42 Å². The number of halogens is 2. The summed E-state index contributed by atoms with van der Waals surface area (Å²) in [6.45, 7) is 0. The van der Waals surface area contributed by atoms with Gasteiger partial charge in [0.15, 0.2) is 0 Å². The molecular formula is C23H22Cl2N2O2. The van der Waals surface area contributed by atoms with E-state index in [4.69, 9.17) is 23.2 Å². The van der Waals surface area contributed by atoms with Crippen molar-refractivity contribution < 1.29 is 0 Å². The number of aromatic amines is 2. The van der Waals surface area contributed by atoms with E-state index in [0.29, 0.717) is 33.5 Å². The van der Waals surface area contributed by atoms with Gasteiger partial charge in [0.05, 0.1) is 0 Å². The highest BCUT2D eigenvalue weighted by molar-refractivity contribution is 6.36. The van der Waals surface area contributed by atoms with Gasteiger partial charge < -0.3 is 4.98 Å². The number of hydrogen-bond acceptors (Lipinski definition) is 2. The van der Waals surface area contributed by atoms with Crippen LogP contribution in [0.1, 0.15) is 59.9 Å². The summed E-state index contributed by atoms with van der Waals surface area (Å²) in [5.41, 5.74) is 2.49. The fourth-order valence-electron chi connectivity index (χ4n) is 4.37. The maximum absolute atomic E-state index is 12.7. The summed E-state index contributed by atoms with van der Waals surface area (Å²) < 4.78 is 0. The molecule has 1 fully saturated rings. The van der Waals surface area contributed by atoms with Gasteiger partial charge in [-0.1, -0.05) is 59.6 Å². The average Bonchev–Trinajstić information content (AvgIpc) is 2.72. The smallest absolute Gasteiger partial charge is 0.311 e. The van der Waals surface area contributed by atoms with E-state index in [1.165, 1.54) is 5.56 Å². The second kappa shape index (κ2) is 8.60. The Kier molecular flexibility index (Phi) is 5.93. The molecule has 150 valence electrons. The molecule has 6 heteroatoms. The molecule has 3 aromatic rings. The van der Waals surface area contributed by atoms with Crippen LogP contribution in [0, 0.1) is 0 Å². The molecular weight excluding hydrogens is 407 g/mol. The Labute approximate surface area is 178 Å². The maximum atomic E-state index is 12.7. The van der Waals surface area contributed by atoms with E-state index in [0.717, 1.165) is 31.4 Å². The topological polar surface area (TPSA) is 65.7 Å². The zero-order valence-electron chi connectivity index (χ0n) is 15.9. The summed E-state index contributed by atoms with van der Waals surface area (Å²) in [5, 5.41) is 1.03. The first-order valence-electron chi connectivity index (χ1n) is 9.86. The standard InChI is InChI=1S/C23H22Cl2N2O2/c24-19-7-4-8-20(25)17(19)13-18-21(26-23(29)27-22(18)28)16-11-9-15(10-12-16)14-5-2-1-3-6-14/h1-8,15-16H,9-13H2,(H2,26,27,28,29). The predicted octanol–water partition coefficient (Wildman–Crippen LogP) is 5.40. The Morgan fingerprint density at radius 1 is 0.759 bits per heavy atom. The van der Waals surface area contributed by atoms with E-state index in [1.54, 1.807) is 18.2 Å². The number of nitrogens with one attached hydrogen (secondary N) is 2. The van der Waals surface area contributed by atoms with Crippen LogP contribution in [0.2, 0.25) is 10.0 Å². The van der Waals surface area contributed by atoms with Gasteiger partial charge in [-0.05, 0) is 60.8 Å². The number of aromatic nitrogens is 2. The molecule has 0 aliphatic heterocycles. The van der Waals surface area contributed by atoms with Gasteiger partial charge in [0, 0.05) is 27.7 Å². The second-order valence-corrected chi connectivity index (χ2v) is 8.45. The fourth-order valence-corrected chi connectivity index (χ4v) is 4.90. The molecule has 0 saturated heterocycles. The first-order valence-corrected chi connectivity index (χ1v) is 10.6. The molecule has 1 aliphatic rings. The van der Waals surface area contributed by atoms with Crippen LogP contribution in [0.15, 0.2) is 58.1 Å². The minimum Gasteiger partial charge on any atom is -0.311 e. The summed E-state index contributed by atoms with van der Waals surface area (Å²) in [6.07, 6.45) is 4.18. The van der Waals surface area contributed by atoms with Gasteiger partial charge in [-0.25, -0.2) is 4.79 Å². The Morgan fingerprint density at radius 2 is 1.38 bits per heavy atom. The minimum atomic E-state index is -0.468. The first-order chi connectivity index (χ1) is 14.0. The average molecular weight is 429 g/mol. The van der Waals surface area contributed by atoms with E-state index >= 15 is 0 Å². The molecule has 4 rings (SSSR count). The van der Waals surface area contributed by atoms with Crippen LogP contribution in [0.5, 0.6) is 0 Å². The predicted molar refractivity (Wildman–Crippen MR) is 117 cm³/mol. The SMILES string of the molecule is O=c1[nH]c(C2CCC(c3ccccc3)CC2)c(Cc2c(Cl)cccc2Cl)c(=O)[nH]1. The van der Waals surface area contributed by atoms with Gasteiger partial charge in [0.2, 0.25) is 0 Å². The van der Waals surface area contributed by atoms with E-state index in [1.807, 2.05) is 6.07 Å². The number of rotatable bonds is 4. The first kappa shape index (κ1) is 20.0. The van der Waals surface area contributed by atoms with Crippen LogP contribution < -0.4 is 11.2 Å². The molecule has 0 atom stereocenters. The lowest BCUT2D eigenvalue weighted by atomic mass is 9.76. The van der Waals surface area contributed by atoms with Crippen molar-refractivity contribution >= 4 is 23.2 Å². The van der Waals surface area contributed by atoms with Crippen molar-refractivity contribution in [3.8, 4) is 0 Å². The summed E-state index contributed by atoms with van der Waals surface area (Å²) >= 11 is 12.6. The fraction of sp³-hybridized carbons (Fsp3) is 0.304.